The highest BCUT2D eigenvalue weighted by Gasteiger charge is 2.28. The lowest BCUT2D eigenvalue weighted by molar-refractivity contribution is -0.125. The van der Waals surface area contributed by atoms with E-state index in [2.05, 4.69) is 5.32 Å². The van der Waals surface area contributed by atoms with Gasteiger partial charge in [-0.05, 0) is 37.1 Å². The minimum Gasteiger partial charge on any atom is -0.484 e. The number of benzene rings is 1. The van der Waals surface area contributed by atoms with Crippen molar-refractivity contribution in [1.82, 2.24) is 5.32 Å². The molecule has 3 N–H and O–H groups in total. The third-order valence-electron chi connectivity index (χ3n) is 3.31. The summed E-state index contributed by atoms with van der Waals surface area (Å²) in [5.74, 6) is 0.0844. The maximum atomic E-state index is 12.7. The summed E-state index contributed by atoms with van der Waals surface area (Å²) >= 11 is 0. The zero-order valence-electron chi connectivity index (χ0n) is 11.6. The highest BCUT2D eigenvalue weighted by molar-refractivity contribution is 5.78. The molecule has 0 aliphatic carbocycles. The van der Waals surface area contributed by atoms with E-state index in [0.717, 1.165) is 0 Å². The number of hydrogen-bond acceptors (Lipinski definition) is 3. The van der Waals surface area contributed by atoms with Gasteiger partial charge < -0.3 is 15.8 Å². The Morgan fingerprint density at radius 3 is 2.47 bits per heavy atom. The van der Waals surface area contributed by atoms with Crippen LogP contribution in [0.15, 0.2) is 24.3 Å². The lowest BCUT2D eigenvalue weighted by Crippen LogP contribution is -2.56. The van der Waals surface area contributed by atoms with E-state index >= 15 is 0 Å². The van der Waals surface area contributed by atoms with Gasteiger partial charge in [0.2, 0.25) is 0 Å². The number of ether oxygens (including phenoxy) is 1. The molecule has 0 spiro atoms. The van der Waals surface area contributed by atoms with Crippen LogP contribution in [0.5, 0.6) is 5.75 Å². The predicted octanol–water partition coefficient (Wildman–Crippen LogP) is 1.69. The Labute approximate surface area is 113 Å². The molecule has 1 unspecified atom stereocenters. The Bertz CT molecular complexity index is 420. The molecule has 4 nitrogen and oxygen atoms in total. The molecular weight excluding hydrogens is 247 g/mol. The zero-order valence-corrected chi connectivity index (χ0v) is 11.6. The van der Waals surface area contributed by atoms with E-state index in [4.69, 9.17) is 10.5 Å². The van der Waals surface area contributed by atoms with Gasteiger partial charge in [0.25, 0.3) is 5.91 Å². The third kappa shape index (κ3) is 4.52. The first-order valence-corrected chi connectivity index (χ1v) is 6.27. The molecule has 0 aliphatic rings. The minimum atomic E-state index is -0.455. The number of nitrogens with two attached hydrogens (primary N) is 1. The van der Waals surface area contributed by atoms with Crippen molar-refractivity contribution in [3.8, 4) is 5.75 Å². The maximum absolute atomic E-state index is 12.7. The van der Waals surface area contributed by atoms with Gasteiger partial charge in [-0.15, -0.1) is 0 Å². The molecule has 0 fully saturated rings. The van der Waals surface area contributed by atoms with E-state index in [9.17, 15) is 9.18 Å². The number of nitrogens with one attached hydrogen (secondary N) is 1. The standard InChI is InChI=1S/C14H21FN2O2/c1-10(2)14(3,9-16)17-13(18)8-19-12-6-4-11(15)5-7-12/h4-7,10H,8-9,16H2,1-3H3,(H,17,18). The zero-order chi connectivity index (χ0) is 14.5. The molecule has 19 heavy (non-hydrogen) atoms. The van der Waals surface area contributed by atoms with Crippen LogP contribution in [0, 0.1) is 11.7 Å². The number of hydrogen-bond donors (Lipinski definition) is 2. The van der Waals surface area contributed by atoms with Crippen LogP contribution in [0.1, 0.15) is 20.8 Å². The second kappa shape index (κ2) is 6.52. The molecule has 0 radical (unpaired) electrons. The summed E-state index contributed by atoms with van der Waals surface area (Å²) in [6, 6.07) is 5.52. The average Bonchev–Trinajstić information content (AvgIpc) is 2.37. The van der Waals surface area contributed by atoms with Gasteiger partial charge in [0.15, 0.2) is 6.61 Å². The highest BCUT2D eigenvalue weighted by atomic mass is 19.1. The Kier molecular flexibility index (Phi) is 5.30. The molecule has 106 valence electrons. The van der Waals surface area contributed by atoms with Crippen molar-refractivity contribution in [2.45, 2.75) is 26.3 Å². The van der Waals surface area contributed by atoms with Gasteiger partial charge in [0.05, 0.1) is 5.54 Å². The summed E-state index contributed by atoms with van der Waals surface area (Å²) in [5.41, 5.74) is 5.23. The summed E-state index contributed by atoms with van der Waals surface area (Å²) in [6.07, 6.45) is 0. The summed E-state index contributed by atoms with van der Waals surface area (Å²) in [5, 5.41) is 2.86. The number of amides is 1. The molecule has 1 atom stereocenters. The molecule has 0 heterocycles. The van der Waals surface area contributed by atoms with Crippen LogP contribution in [-0.4, -0.2) is 24.6 Å². The third-order valence-corrected chi connectivity index (χ3v) is 3.31. The molecule has 1 rings (SSSR count). The predicted molar refractivity (Wildman–Crippen MR) is 72.3 cm³/mol. The summed E-state index contributed by atoms with van der Waals surface area (Å²) in [4.78, 5) is 11.8. The van der Waals surface area contributed by atoms with Gasteiger partial charge in [0, 0.05) is 6.54 Å². The van der Waals surface area contributed by atoms with Crippen molar-refractivity contribution in [2.24, 2.45) is 11.7 Å². The number of rotatable bonds is 6. The second-order valence-corrected chi connectivity index (χ2v) is 5.07. The molecule has 0 saturated carbocycles. The van der Waals surface area contributed by atoms with Gasteiger partial charge in [0.1, 0.15) is 11.6 Å². The Hall–Kier alpha value is -1.62. The normalized spacial score (nSPS) is 14.0. The average molecular weight is 268 g/mol. The van der Waals surface area contributed by atoms with Gasteiger partial charge in [-0.1, -0.05) is 13.8 Å². The molecule has 5 heteroatoms. The van der Waals surface area contributed by atoms with Crippen molar-refractivity contribution in [2.75, 3.05) is 13.2 Å². The Morgan fingerprint density at radius 2 is 2.00 bits per heavy atom. The van der Waals surface area contributed by atoms with Crippen molar-refractivity contribution >= 4 is 5.91 Å². The summed E-state index contributed by atoms with van der Waals surface area (Å²) in [7, 11) is 0. The molecule has 0 aromatic heterocycles. The molecule has 0 aliphatic heterocycles. The fourth-order valence-corrected chi connectivity index (χ4v) is 1.47. The van der Waals surface area contributed by atoms with E-state index in [-0.39, 0.29) is 24.2 Å². The van der Waals surface area contributed by atoms with E-state index in [0.29, 0.717) is 12.3 Å². The Balaban J connectivity index is 2.50. The van der Waals surface area contributed by atoms with Crippen LogP contribution < -0.4 is 15.8 Å². The van der Waals surface area contributed by atoms with E-state index in [1.807, 2.05) is 20.8 Å². The Morgan fingerprint density at radius 1 is 1.42 bits per heavy atom. The number of carbonyl (C=O) groups is 1. The lowest BCUT2D eigenvalue weighted by atomic mass is 9.88. The van der Waals surface area contributed by atoms with Crippen molar-refractivity contribution in [3.63, 3.8) is 0 Å². The highest BCUT2D eigenvalue weighted by Crippen LogP contribution is 2.15. The molecular formula is C14H21FN2O2. The minimum absolute atomic E-state index is 0.117. The first-order valence-electron chi connectivity index (χ1n) is 6.27. The topological polar surface area (TPSA) is 64.3 Å². The van der Waals surface area contributed by atoms with Gasteiger partial charge in [-0.2, -0.15) is 0 Å². The second-order valence-electron chi connectivity index (χ2n) is 5.07. The van der Waals surface area contributed by atoms with E-state index in [1.165, 1.54) is 24.3 Å². The van der Waals surface area contributed by atoms with E-state index < -0.39 is 5.54 Å². The van der Waals surface area contributed by atoms with Crippen molar-refractivity contribution < 1.29 is 13.9 Å². The monoisotopic (exact) mass is 268 g/mol. The SMILES string of the molecule is CC(C)C(C)(CN)NC(=O)COc1ccc(F)cc1. The first kappa shape index (κ1) is 15.4. The molecule has 1 aromatic rings. The molecule has 0 saturated heterocycles. The molecule has 0 bridgehead atoms. The summed E-state index contributed by atoms with van der Waals surface area (Å²) in [6.45, 7) is 6.12. The van der Waals surface area contributed by atoms with Gasteiger partial charge >= 0.3 is 0 Å². The van der Waals surface area contributed by atoms with Crippen molar-refractivity contribution in [3.05, 3.63) is 30.1 Å². The van der Waals surface area contributed by atoms with Crippen LogP contribution in [0.25, 0.3) is 0 Å². The maximum Gasteiger partial charge on any atom is 0.258 e. The van der Waals surface area contributed by atoms with Crippen molar-refractivity contribution in [1.29, 1.82) is 0 Å². The first-order chi connectivity index (χ1) is 8.87. The van der Waals surface area contributed by atoms with Crippen LogP contribution in [0.3, 0.4) is 0 Å². The smallest absolute Gasteiger partial charge is 0.258 e. The molecule has 1 amide bonds. The molecule has 1 aromatic carbocycles. The quantitative estimate of drug-likeness (QED) is 0.825. The summed E-state index contributed by atoms with van der Waals surface area (Å²) < 4.78 is 18.0. The fraction of sp³-hybridized carbons (Fsp3) is 0.500. The van der Waals surface area contributed by atoms with Crippen LogP contribution in [0.4, 0.5) is 4.39 Å². The van der Waals surface area contributed by atoms with Crippen LogP contribution >= 0.6 is 0 Å². The number of halogens is 1. The van der Waals surface area contributed by atoms with Crippen LogP contribution in [-0.2, 0) is 4.79 Å². The van der Waals surface area contributed by atoms with E-state index in [1.54, 1.807) is 0 Å². The number of carbonyl (C=O) groups excluding carboxylic acids is 1. The fourth-order valence-electron chi connectivity index (χ4n) is 1.47. The van der Waals surface area contributed by atoms with Crippen LogP contribution in [0.2, 0.25) is 0 Å². The lowest BCUT2D eigenvalue weighted by Gasteiger charge is -2.33. The van der Waals surface area contributed by atoms with Gasteiger partial charge in [-0.25, -0.2) is 4.39 Å². The largest absolute Gasteiger partial charge is 0.484 e. The van der Waals surface area contributed by atoms with Gasteiger partial charge in [-0.3, -0.25) is 4.79 Å².